The van der Waals surface area contributed by atoms with Crippen molar-refractivity contribution in [1.29, 1.82) is 0 Å². The monoisotopic (exact) mass is 420 g/mol. The van der Waals surface area contributed by atoms with Crippen LogP contribution in [-0.2, 0) is 6.54 Å². The number of aryl methyl sites for hydroxylation is 2. The minimum absolute atomic E-state index is 0.0261. The summed E-state index contributed by atoms with van der Waals surface area (Å²) in [5, 5.41) is 0. The molecule has 0 aliphatic rings. The van der Waals surface area contributed by atoms with Gasteiger partial charge in [-0.3, -0.25) is 14.7 Å². The summed E-state index contributed by atoms with van der Waals surface area (Å²) in [6, 6.07) is 8.34. The predicted molar refractivity (Wildman–Crippen MR) is 97.0 cm³/mol. The fraction of sp³-hybridized carbons (Fsp3) is 0.158. The van der Waals surface area contributed by atoms with Crippen LogP contribution in [0.3, 0.4) is 0 Å². The smallest absolute Gasteiger partial charge is 0.263 e. The molecule has 1 aromatic carbocycles. The maximum absolute atomic E-state index is 14.4. The van der Waals surface area contributed by atoms with Gasteiger partial charge in [-0.05, 0) is 54.0 Å². The highest BCUT2D eigenvalue weighted by Crippen LogP contribution is 2.31. The topological polar surface area (TPSA) is 46.3 Å². The fourth-order valence-electron chi connectivity index (χ4n) is 2.66. The van der Waals surface area contributed by atoms with Crippen molar-refractivity contribution in [3.05, 3.63) is 81.5 Å². The van der Waals surface area contributed by atoms with Crippen molar-refractivity contribution in [2.45, 2.75) is 20.4 Å². The minimum atomic E-state index is -0.830. The summed E-state index contributed by atoms with van der Waals surface area (Å²) < 4.78 is 33.7. The quantitative estimate of drug-likeness (QED) is 0.584. The highest BCUT2D eigenvalue weighted by atomic mass is 79.9. The second-order valence-corrected chi connectivity index (χ2v) is 6.50. The molecule has 0 spiro atoms. The standard InChI is InChI=1S/C19H15BrF2N2O2/c1-11-17(18(20)12(2)26-11)19(25)24(10-14-5-3-4-8-23-14)16-7-6-13(21)9-15(16)22/h3-9H,10H2,1-2H3. The van der Waals surface area contributed by atoms with Gasteiger partial charge in [-0.2, -0.15) is 0 Å². The van der Waals surface area contributed by atoms with Gasteiger partial charge in [-0.15, -0.1) is 0 Å². The van der Waals surface area contributed by atoms with Gasteiger partial charge in [0.1, 0.15) is 23.2 Å². The molecular formula is C19H15BrF2N2O2. The van der Waals surface area contributed by atoms with Crippen LogP contribution < -0.4 is 4.90 Å². The summed E-state index contributed by atoms with van der Waals surface area (Å²) >= 11 is 3.35. The summed E-state index contributed by atoms with van der Waals surface area (Å²) in [5.41, 5.74) is 0.827. The first kappa shape index (κ1) is 18.3. The first-order valence-electron chi connectivity index (χ1n) is 7.80. The molecule has 0 fully saturated rings. The highest BCUT2D eigenvalue weighted by molar-refractivity contribution is 9.10. The SMILES string of the molecule is Cc1oc(C)c(C(=O)N(Cc2ccccn2)c2ccc(F)cc2F)c1Br. The number of hydrogen-bond donors (Lipinski definition) is 0. The molecule has 2 aromatic heterocycles. The maximum Gasteiger partial charge on any atom is 0.263 e. The number of furan rings is 1. The van der Waals surface area contributed by atoms with Gasteiger partial charge in [0.05, 0.1) is 28.0 Å². The van der Waals surface area contributed by atoms with E-state index in [2.05, 4.69) is 20.9 Å². The van der Waals surface area contributed by atoms with Crippen molar-refractivity contribution < 1.29 is 18.0 Å². The van der Waals surface area contributed by atoms with Crippen LogP contribution in [0.1, 0.15) is 27.6 Å². The van der Waals surface area contributed by atoms with Gasteiger partial charge in [0.2, 0.25) is 0 Å². The van der Waals surface area contributed by atoms with E-state index in [1.807, 2.05) is 0 Å². The van der Waals surface area contributed by atoms with Gasteiger partial charge in [0.25, 0.3) is 5.91 Å². The van der Waals surface area contributed by atoms with Crippen LogP contribution in [0.15, 0.2) is 51.5 Å². The van der Waals surface area contributed by atoms with Crippen molar-refractivity contribution in [1.82, 2.24) is 4.98 Å². The molecule has 1 amide bonds. The number of halogens is 3. The van der Waals surface area contributed by atoms with Crippen LogP contribution in [0.4, 0.5) is 14.5 Å². The lowest BCUT2D eigenvalue weighted by molar-refractivity contribution is 0.0981. The Hall–Kier alpha value is -2.54. The van der Waals surface area contributed by atoms with Crippen LogP contribution >= 0.6 is 15.9 Å². The summed E-state index contributed by atoms with van der Waals surface area (Å²) in [5.74, 6) is -1.06. The molecule has 0 atom stereocenters. The molecule has 134 valence electrons. The highest BCUT2D eigenvalue weighted by Gasteiger charge is 2.28. The maximum atomic E-state index is 14.4. The lowest BCUT2D eigenvalue weighted by Crippen LogP contribution is -2.32. The Bertz CT molecular complexity index is 958. The normalized spacial score (nSPS) is 10.8. The van der Waals surface area contributed by atoms with Crippen LogP contribution in [0.25, 0.3) is 0 Å². The molecule has 3 rings (SSSR count). The van der Waals surface area contributed by atoms with Gasteiger partial charge >= 0.3 is 0 Å². The van der Waals surface area contributed by atoms with E-state index in [0.29, 0.717) is 27.3 Å². The predicted octanol–water partition coefficient (Wildman–Crippen LogP) is 5.18. The molecule has 7 heteroatoms. The van der Waals surface area contributed by atoms with Crippen molar-refractivity contribution in [2.75, 3.05) is 4.90 Å². The molecule has 0 bridgehead atoms. The number of nitrogens with zero attached hydrogens (tertiary/aromatic N) is 2. The third-order valence-corrected chi connectivity index (χ3v) is 4.85. The van der Waals surface area contributed by atoms with Crippen molar-refractivity contribution in [2.24, 2.45) is 0 Å². The van der Waals surface area contributed by atoms with Crippen molar-refractivity contribution in [3.63, 3.8) is 0 Å². The first-order chi connectivity index (χ1) is 12.4. The zero-order chi connectivity index (χ0) is 18.8. The van der Waals surface area contributed by atoms with Crippen LogP contribution in [0.2, 0.25) is 0 Å². The van der Waals surface area contributed by atoms with Gasteiger partial charge in [-0.25, -0.2) is 8.78 Å². The number of rotatable bonds is 4. The molecule has 0 unspecified atom stereocenters. The number of carbonyl (C=O) groups is 1. The Labute approximate surface area is 157 Å². The van der Waals surface area contributed by atoms with Crippen molar-refractivity contribution >= 4 is 27.5 Å². The lowest BCUT2D eigenvalue weighted by Gasteiger charge is -2.23. The summed E-state index contributed by atoms with van der Waals surface area (Å²) in [6.45, 7) is 3.40. The van der Waals surface area contributed by atoms with Gasteiger partial charge in [0, 0.05) is 12.3 Å². The molecule has 0 aliphatic carbocycles. The largest absolute Gasteiger partial charge is 0.465 e. The molecule has 26 heavy (non-hydrogen) atoms. The number of anilines is 1. The molecule has 0 radical (unpaired) electrons. The van der Waals surface area contributed by atoms with E-state index >= 15 is 0 Å². The van der Waals surface area contributed by atoms with E-state index in [0.717, 1.165) is 12.1 Å². The average molecular weight is 421 g/mol. The summed E-state index contributed by atoms with van der Waals surface area (Å²) in [7, 11) is 0. The lowest BCUT2D eigenvalue weighted by atomic mass is 10.1. The Morgan fingerprint density at radius 1 is 1.19 bits per heavy atom. The molecule has 2 heterocycles. The Kier molecular flexibility index (Phi) is 5.18. The fourth-order valence-corrected chi connectivity index (χ4v) is 3.19. The second-order valence-electron chi connectivity index (χ2n) is 5.71. The van der Waals surface area contributed by atoms with E-state index in [1.54, 1.807) is 38.2 Å². The number of amides is 1. The molecule has 0 saturated carbocycles. The van der Waals surface area contributed by atoms with Crippen LogP contribution in [0, 0.1) is 25.5 Å². The third-order valence-electron chi connectivity index (χ3n) is 3.89. The molecular weight excluding hydrogens is 406 g/mol. The molecule has 3 aromatic rings. The van der Waals surface area contributed by atoms with Crippen LogP contribution in [-0.4, -0.2) is 10.9 Å². The summed E-state index contributed by atoms with van der Waals surface area (Å²) in [4.78, 5) is 18.6. The van der Waals surface area contributed by atoms with E-state index in [1.165, 1.54) is 11.0 Å². The number of pyridine rings is 1. The van der Waals surface area contributed by atoms with Crippen LogP contribution in [0.5, 0.6) is 0 Å². The Balaban J connectivity index is 2.09. The molecule has 0 saturated heterocycles. The van der Waals surface area contributed by atoms with E-state index in [-0.39, 0.29) is 12.2 Å². The zero-order valence-electron chi connectivity index (χ0n) is 14.1. The Morgan fingerprint density at radius 2 is 1.96 bits per heavy atom. The van der Waals surface area contributed by atoms with E-state index < -0.39 is 17.5 Å². The number of hydrogen-bond acceptors (Lipinski definition) is 3. The summed E-state index contributed by atoms with van der Waals surface area (Å²) in [6.07, 6.45) is 1.59. The van der Waals surface area contributed by atoms with E-state index in [4.69, 9.17) is 4.42 Å². The van der Waals surface area contributed by atoms with Gasteiger partial charge in [-0.1, -0.05) is 6.07 Å². The number of benzene rings is 1. The number of aromatic nitrogens is 1. The first-order valence-corrected chi connectivity index (χ1v) is 8.60. The Morgan fingerprint density at radius 3 is 2.54 bits per heavy atom. The van der Waals surface area contributed by atoms with Gasteiger partial charge < -0.3 is 4.42 Å². The number of carbonyl (C=O) groups excluding carboxylic acids is 1. The van der Waals surface area contributed by atoms with E-state index in [9.17, 15) is 13.6 Å². The molecule has 0 N–H and O–H groups in total. The van der Waals surface area contributed by atoms with Crippen molar-refractivity contribution in [3.8, 4) is 0 Å². The zero-order valence-corrected chi connectivity index (χ0v) is 15.7. The molecule has 0 aliphatic heterocycles. The van der Waals surface area contributed by atoms with Gasteiger partial charge in [0.15, 0.2) is 0 Å². The minimum Gasteiger partial charge on any atom is -0.465 e. The average Bonchev–Trinajstić information content (AvgIpc) is 2.86. The molecule has 4 nitrogen and oxygen atoms in total. The second kappa shape index (κ2) is 7.37. The third kappa shape index (κ3) is 3.53.